The number of benzene rings is 2. The number of hydrogen-bond acceptors (Lipinski definition) is 4. The van der Waals surface area contributed by atoms with E-state index in [1.165, 1.54) is 4.90 Å². The van der Waals surface area contributed by atoms with E-state index in [0.717, 1.165) is 5.56 Å². The second-order valence-electron chi connectivity index (χ2n) is 5.52. The molecule has 0 aromatic heterocycles. The van der Waals surface area contributed by atoms with Crippen molar-refractivity contribution in [2.45, 2.75) is 6.92 Å². The van der Waals surface area contributed by atoms with E-state index in [-0.39, 0.29) is 19.1 Å². The van der Waals surface area contributed by atoms with Gasteiger partial charge in [0.25, 0.3) is 11.8 Å². The fraction of sp³-hybridized carbons (Fsp3) is 0.176. The molecular formula is C17H15Cl2N3O3. The third-order valence-corrected chi connectivity index (χ3v) is 4.33. The van der Waals surface area contributed by atoms with Gasteiger partial charge in [0, 0.05) is 10.0 Å². The Morgan fingerprint density at radius 3 is 2.80 bits per heavy atom. The maximum Gasteiger partial charge on any atom is 0.265 e. The Morgan fingerprint density at radius 1 is 1.24 bits per heavy atom. The number of nitrogens with zero attached hydrogens (tertiary/aromatic N) is 1. The van der Waals surface area contributed by atoms with Gasteiger partial charge < -0.3 is 4.74 Å². The Bertz CT molecular complexity index is 842. The molecule has 6 nitrogen and oxygen atoms in total. The molecule has 2 N–H and O–H groups in total. The third-order valence-electron chi connectivity index (χ3n) is 3.68. The molecule has 0 atom stereocenters. The number of halogens is 2. The molecule has 2 aromatic rings. The smallest absolute Gasteiger partial charge is 0.265 e. The summed E-state index contributed by atoms with van der Waals surface area (Å²) in [5, 5.41) is 1.04. The lowest BCUT2D eigenvalue weighted by Gasteiger charge is -2.29. The van der Waals surface area contributed by atoms with E-state index in [2.05, 4.69) is 10.9 Å². The Morgan fingerprint density at radius 2 is 2.04 bits per heavy atom. The highest BCUT2D eigenvalue weighted by Crippen LogP contribution is 2.34. The first-order chi connectivity index (χ1) is 11.9. The summed E-state index contributed by atoms with van der Waals surface area (Å²) in [4.78, 5) is 25.6. The number of amides is 2. The van der Waals surface area contributed by atoms with E-state index < -0.39 is 5.91 Å². The van der Waals surface area contributed by atoms with Crippen molar-refractivity contribution in [3.05, 3.63) is 52.0 Å². The maximum atomic E-state index is 12.2. The van der Waals surface area contributed by atoms with Crippen molar-refractivity contribution in [3.63, 3.8) is 0 Å². The van der Waals surface area contributed by atoms with Crippen molar-refractivity contribution in [1.29, 1.82) is 0 Å². The molecule has 0 saturated carbocycles. The van der Waals surface area contributed by atoms with Gasteiger partial charge in [0.2, 0.25) is 0 Å². The highest BCUT2D eigenvalue weighted by molar-refractivity contribution is 6.31. The Hall–Kier alpha value is -2.44. The average molecular weight is 380 g/mol. The van der Waals surface area contributed by atoms with Gasteiger partial charge in [-0.1, -0.05) is 29.3 Å². The van der Waals surface area contributed by atoms with Gasteiger partial charge in [0.05, 0.1) is 11.4 Å². The first-order valence-corrected chi connectivity index (χ1v) is 8.23. The van der Waals surface area contributed by atoms with Gasteiger partial charge in [0.15, 0.2) is 6.61 Å². The molecule has 0 spiro atoms. The van der Waals surface area contributed by atoms with E-state index in [4.69, 9.17) is 27.9 Å². The Labute approximate surface area is 154 Å². The van der Waals surface area contributed by atoms with Crippen LogP contribution in [0, 0.1) is 6.92 Å². The van der Waals surface area contributed by atoms with Gasteiger partial charge in [-0.2, -0.15) is 0 Å². The molecule has 1 heterocycles. The van der Waals surface area contributed by atoms with Crippen LogP contribution in [0.1, 0.15) is 5.56 Å². The highest BCUT2D eigenvalue weighted by Gasteiger charge is 2.27. The van der Waals surface area contributed by atoms with Crippen LogP contribution in [0.3, 0.4) is 0 Å². The molecular weight excluding hydrogens is 365 g/mol. The first-order valence-electron chi connectivity index (χ1n) is 7.48. The summed E-state index contributed by atoms with van der Waals surface area (Å²) in [7, 11) is 0. The first kappa shape index (κ1) is 17.4. The summed E-state index contributed by atoms with van der Waals surface area (Å²) < 4.78 is 5.34. The molecule has 8 heteroatoms. The predicted octanol–water partition coefficient (Wildman–Crippen LogP) is 3.17. The van der Waals surface area contributed by atoms with Crippen molar-refractivity contribution in [2.75, 3.05) is 23.5 Å². The number of ether oxygens (including phenoxy) is 1. The summed E-state index contributed by atoms with van der Waals surface area (Å²) >= 11 is 12.0. The monoisotopic (exact) mass is 379 g/mol. The van der Waals surface area contributed by atoms with Gasteiger partial charge in [-0.05, 0) is 42.8 Å². The van der Waals surface area contributed by atoms with Crippen LogP contribution in [0.4, 0.5) is 11.4 Å². The molecule has 130 valence electrons. The van der Waals surface area contributed by atoms with Crippen molar-refractivity contribution < 1.29 is 14.3 Å². The second-order valence-corrected chi connectivity index (χ2v) is 6.36. The number of hydrogen-bond donors (Lipinski definition) is 2. The predicted molar refractivity (Wildman–Crippen MR) is 97.3 cm³/mol. The lowest BCUT2D eigenvalue weighted by Crippen LogP contribution is -2.46. The third kappa shape index (κ3) is 3.97. The molecule has 0 unspecified atom stereocenters. The molecule has 0 bridgehead atoms. The van der Waals surface area contributed by atoms with Crippen molar-refractivity contribution >= 4 is 46.4 Å². The van der Waals surface area contributed by atoms with Gasteiger partial charge in [0.1, 0.15) is 12.3 Å². The van der Waals surface area contributed by atoms with Crippen LogP contribution >= 0.6 is 23.2 Å². The topological polar surface area (TPSA) is 70.7 Å². The highest BCUT2D eigenvalue weighted by atomic mass is 35.5. The number of rotatable bonds is 4. The number of hydrazine groups is 1. The molecule has 2 amide bonds. The number of anilines is 2. The molecule has 0 fully saturated rings. The zero-order valence-corrected chi connectivity index (χ0v) is 14.8. The summed E-state index contributed by atoms with van der Waals surface area (Å²) in [5.74, 6) is -0.198. The molecule has 0 aliphatic carbocycles. The fourth-order valence-corrected chi connectivity index (χ4v) is 2.69. The number of nitrogens with one attached hydrogen (secondary N) is 2. The summed E-state index contributed by atoms with van der Waals surface area (Å²) in [6.45, 7) is 1.60. The van der Waals surface area contributed by atoms with E-state index in [1.807, 2.05) is 13.0 Å². The Balaban J connectivity index is 1.67. The molecule has 1 aliphatic rings. The van der Waals surface area contributed by atoms with E-state index in [1.54, 1.807) is 30.3 Å². The zero-order valence-electron chi connectivity index (χ0n) is 13.3. The summed E-state index contributed by atoms with van der Waals surface area (Å²) in [5.41, 5.74) is 7.36. The fourth-order valence-electron chi connectivity index (χ4n) is 2.34. The normalized spacial score (nSPS) is 13.1. The van der Waals surface area contributed by atoms with Crippen LogP contribution in [0.25, 0.3) is 0 Å². The van der Waals surface area contributed by atoms with E-state index in [9.17, 15) is 9.59 Å². The number of carbonyl (C=O) groups is 2. The van der Waals surface area contributed by atoms with Crippen LogP contribution in [0.5, 0.6) is 5.75 Å². The van der Waals surface area contributed by atoms with Gasteiger partial charge in [-0.3, -0.25) is 25.3 Å². The lowest BCUT2D eigenvalue weighted by molar-refractivity contribution is -0.125. The molecule has 3 rings (SSSR count). The standard InChI is InChI=1S/C17H15Cl2N3O3/c1-10-2-4-12(7-13(10)19)20-21-16(23)8-22-14-6-11(18)3-5-15(14)25-9-17(22)24/h2-7,20H,8-9H2,1H3,(H,21,23). The van der Waals surface area contributed by atoms with Crippen LogP contribution in [0.2, 0.25) is 10.0 Å². The van der Waals surface area contributed by atoms with Crippen LogP contribution in [-0.2, 0) is 9.59 Å². The lowest BCUT2D eigenvalue weighted by atomic mass is 10.2. The minimum absolute atomic E-state index is 0.122. The molecule has 0 saturated heterocycles. The molecule has 0 radical (unpaired) electrons. The molecule has 25 heavy (non-hydrogen) atoms. The van der Waals surface area contributed by atoms with Gasteiger partial charge in [-0.25, -0.2) is 0 Å². The number of fused-ring (bicyclic) bond motifs is 1. The van der Waals surface area contributed by atoms with Crippen molar-refractivity contribution in [1.82, 2.24) is 5.43 Å². The van der Waals surface area contributed by atoms with Crippen LogP contribution < -0.4 is 20.5 Å². The summed E-state index contributed by atoms with van der Waals surface area (Å²) in [6, 6.07) is 10.2. The zero-order chi connectivity index (χ0) is 18.0. The van der Waals surface area contributed by atoms with Crippen LogP contribution in [-0.4, -0.2) is 25.0 Å². The van der Waals surface area contributed by atoms with Crippen molar-refractivity contribution in [2.24, 2.45) is 0 Å². The molecule has 1 aliphatic heterocycles. The van der Waals surface area contributed by atoms with Gasteiger partial charge in [-0.15, -0.1) is 0 Å². The quantitative estimate of drug-likeness (QED) is 0.800. The van der Waals surface area contributed by atoms with E-state index >= 15 is 0 Å². The Kier molecular flexibility index (Phi) is 5.01. The van der Waals surface area contributed by atoms with E-state index in [0.29, 0.717) is 27.2 Å². The number of aryl methyl sites for hydroxylation is 1. The largest absolute Gasteiger partial charge is 0.482 e. The SMILES string of the molecule is Cc1ccc(NNC(=O)CN2C(=O)COc3ccc(Cl)cc32)cc1Cl. The molecule has 2 aromatic carbocycles. The van der Waals surface area contributed by atoms with Crippen LogP contribution in [0.15, 0.2) is 36.4 Å². The average Bonchev–Trinajstić information content (AvgIpc) is 2.58. The maximum absolute atomic E-state index is 12.2. The second kappa shape index (κ2) is 7.21. The van der Waals surface area contributed by atoms with Gasteiger partial charge >= 0.3 is 0 Å². The minimum atomic E-state index is -0.391. The number of carbonyl (C=O) groups excluding carboxylic acids is 2. The van der Waals surface area contributed by atoms with Crippen molar-refractivity contribution in [3.8, 4) is 5.75 Å². The summed E-state index contributed by atoms with van der Waals surface area (Å²) in [6.07, 6.45) is 0. The minimum Gasteiger partial charge on any atom is -0.482 e.